The summed E-state index contributed by atoms with van der Waals surface area (Å²) in [5.41, 5.74) is 3.78. The molecule has 1 aliphatic heterocycles. The zero-order valence-electron chi connectivity index (χ0n) is 18.9. The Labute approximate surface area is 200 Å². The molecule has 2 aromatic carbocycles. The lowest BCUT2D eigenvalue weighted by Gasteiger charge is -2.31. The highest BCUT2D eigenvalue weighted by molar-refractivity contribution is 7.98. The van der Waals surface area contributed by atoms with Crippen LogP contribution in [0, 0.1) is 0 Å². The normalized spacial score (nSPS) is 18.7. The lowest BCUT2D eigenvalue weighted by Crippen LogP contribution is -2.44. The topological polar surface area (TPSA) is 105 Å². The Hall–Kier alpha value is -3.85. The van der Waals surface area contributed by atoms with Crippen molar-refractivity contribution in [2.45, 2.75) is 24.2 Å². The Morgan fingerprint density at radius 1 is 1.12 bits per heavy atom. The molecule has 0 spiro atoms. The number of aromatic nitrogens is 4. The summed E-state index contributed by atoms with van der Waals surface area (Å²) in [5, 5.41) is 14.4. The lowest BCUT2D eigenvalue weighted by atomic mass is 9.72. The van der Waals surface area contributed by atoms with Gasteiger partial charge in [0.1, 0.15) is 5.84 Å². The second-order valence-corrected chi connectivity index (χ2v) is 8.62. The number of aliphatic imine (C=N–C) groups is 2. The fourth-order valence-corrected chi connectivity index (χ4v) is 5.00. The molecule has 8 nitrogen and oxygen atoms in total. The first-order valence-corrected chi connectivity index (χ1v) is 12.0. The maximum Gasteiger partial charge on any atom is 0.326 e. The average molecular weight is 471 g/mol. The first-order valence-electron chi connectivity index (χ1n) is 10.8. The third-order valence-corrected chi connectivity index (χ3v) is 6.62. The van der Waals surface area contributed by atoms with Crippen molar-refractivity contribution in [3.63, 3.8) is 0 Å². The minimum atomic E-state index is -1.17. The predicted molar refractivity (Wildman–Crippen MR) is 133 cm³/mol. The van der Waals surface area contributed by atoms with E-state index in [2.05, 4.69) is 30.6 Å². The Balaban J connectivity index is 1.68. The van der Waals surface area contributed by atoms with Crippen LogP contribution in [0.1, 0.15) is 19.4 Å². The van der Waals surface area contributed by atoms with E-state index in [0.717, 1.165) is 27.1 Å². The van der Waals surface area contributed by atoms with Crippen LogP contribution in [-0.2, 0) is 14.9 Å². The van der Waals surface area contributed by atoms with Crippen LogP contribution in [0.4, 0.5) is 0 Å². The number of rotatable bonds is 6. The van der Waals surface area contributed by atoms with E-state index in [1.165, 1.54) is 0 Å². The van der Waals surface area contributed by atoms with Gasteiger partial charge in [0.2, 0.25) is 0 Å². The second-order valence-electron chi connectivity index (χ2n) is 7.77. The van der Waals surface area contributed by atoms with Crippen LogP contribution in [0.3, 0.4) is 0 Å². The van der Waals surface area contributed by atoms with Gasteiger partial charge >= 0.3 is 5.97 Å². The summed E-state index contributed by atoms with van der Waals surface area (Å²) in [7, 11) is 0. The molecule has 1 aliphatic carbocycles. The number of aromatic amines is 1. The molecule has 9 heteroatoms. The fraction of sp³-hybridized carbons (Fsp3) is 0.200. The maximum atomic E-state index is 13.5. The molecule has 0 fully saturated rings. The third kappa shape index (κ3) is 3.49. The molecule has 0 bridgehead atoms. The number of nitrogens with one attached hydrogen (secondary N) is 1. The van der Waals surface area contributed by atoms with Gasteiger partial charge in [-0.2, -0.15) is 0 Å². The predicted octanol–water partition coefficient (Wildman–Crippen LogP) is 4.38. The molecule has 5 rings (SSSR count). The number of nitrogens with zero attached hydrogens (tertiary/aromatic N) is 5. The summed E-state index contributed by atoms with van der Waals surface area (Å²) in [4.78, 5) is 23.6. The van der Waals surface area contributed by atoms with Crippen LogP contribution in [0.2, 0.25) is 0 Å². The highest BCUT2D eigenvalue weighted by atomic mass is 32.2. The highest BCUT2D eigenvalue weighted by Crippen LogP contribution is 2.42. The van der Waals surface area contributed by atoms with Crippen LogP contribution < -0.4 is 0 Å². The van der Waals surface area contributed by atoms with Gasteiger partial charge in [0.15, 0.2) is 11.2 Å². The van der Waals surface area contributed by atoms with E-state index in [0.29, 0.717) is 23.1 Å². The summed E-state index contributed by atoms with van der Waals surface area (Å²) in [5.74, 6) is 0.844. The minimum Gasteiger partial charge on any atom is -0.465 e. The molecule has 2 aliphatic rings. The van der Waals surface area contributed by atoms with Crippen molar-refractivity contribution in [2.24, 2.45) is 9.98 Å². The largest absolute Gasteiger partial charge is 0.465 e. The van der Waals surface area contributed by atoms with Gasteiger partial charge < -0.3 is 4.74 Å². The quantitative estimate of drug-likeness (QED) is 0.423. The Morgan fingerprint density at radius 2 is 1.94 bits per heavy atom. The van der Waals surface area contributed by atoms with Crippen LogP contribution >= 0.6 is 11.8 Å². The summed E-state index contributed by atoms with van der Waals surface area (Å²) < 4.78 is 5.56. The number of esters is 1. The number of tetrazole rings is 1. The molecule has 34 heavy (non-hydrogen) atoms. The van der Waals surface area contributed by atoms with Crippen molar-refractivity contribution in [3.05, 3.63) is 72.0 Å². The van der Waals surface area contributed by atoms with Crippen molar-refractivity contribution >= 4 is 29.3 Å². The molecule has 1 unspecified atom stereocenters. The molecule has 0 amide bonds. The van der Waals surface area contributed by atoms with Crippen LogP contribution in [0.5, 0.6) is 0 Å². The average Bonchev–Trinajstić information content (AvgIpc) is 3.53. The van der Waals surface area contributed by atoms with Gasteiger partial charge in [-0.15, -0.1) is 16.9 Å². The summed E-state index contributed by atoms with van der Waals surface area (Å²) in [6.45, 7) is 3.90. The summed E-state index contributed by atoms with van der Waals surface area (Å²) in [6, 6.07) is 14.0. The van der Waals surface area contributed by atoms with E-state index in [1.54, 1.807) is 18.7 Å². The number of thioether (sulfide) groups is 1. The van der Waals surface area contributed by atoms with E-state index >= 15 is 0 Å². The molecule has 1 atom stereocenters. The molecule has 2 heterocycles. The fourth-order valence-electron chi connectivity index (χ4n) is 4.36. The SMILES string of the molecule is CCOC(=O)C1(c2ccc(-c3ccccc3-c3nnn[nH]3)c(SC)c2)C=CC=C2N=C(C)N=C21. The molecule has 1 aromatic heterocycles. The van der Waals surface area contributed by atoms with Crippen LogP contribution in [0.15, 0.2) is 81.3 Å². The van der Waals surface area contributed by atoms with Gasteiger partial charge in [0.25, 0.3) is 0 Å². The van der Waals surface area contributed by atoms with E-state index in [4.69, 9.17) is 4.74 Å². The molecule has 3 aromatic rings. The first kappa shape index (κ1) is 22.0. The smallest absolute Gasteiger partial charge is 0.326 e. The number of carbonyl (C=O) groups excluding carboxylic acids is 1. The first-order chi connectivity index (χ1) is 16.6. The van der Waals surface area contributed by atoms with Crippen LogP contribution in [0.25, 0.3) is 22.5 Å². The zero-order valence-corrected chi connectivity index (χ0v) is 19.8. The van der Waals surface area contributed by atoms with Crippen molar-refractivity contribution in [1.29, 1.82) is 0 Å². The van der Waals surface area contributed by atoms with E-state index in [-0.39, 0.29) is 12.6 Å². The number of ether oxygens (including phenoxy) is 1. The molecular weight excluding hydrogens is 448 g/mol. The van der Waals surface area contributed by atoms with E-state index < -0.39 is 5.41 Å². The van der Waals surface area contributed by atoms with Gasteiger partial charge in [0, 0.05) is 10.5 Å². The van der Waals surface area contributed by atoms with Gasteiger partial charge in [-0.05, 0) is 59.4 Å². The standard InChI is InChI=1S/C25H22N6O2S/c1-4-33-24(32)25(13-7-10-20-22(25)27-15(2)26-20)16-11-12-18(21(14-16)34-3)17-8-5-6-9-19(17)23-28-30-31-29-23/h5-14H,4H2,1-3H3,(H,28,29,30,31). The third-order valence-electron chi connectivity index (χ3n) is 5.84. The van der Waals surface area contributed by atoms with Crippen molar-refractivity contribution in [1.82, 2.24) is 20.6 Å². The van der Waals surface area contributed by atoms with Crippen LogP contribution in [-0.4, -0.2) is 51.0 Å². The second kappa shape index (κ2) is 8.83. The molecule has 0 radical (unpaired) electrons. The number of hydrogen-bond acceptors (Lipinski definition) is 8. The number of H-pyrrole nitrogens is 1. The van der Waals surface area contributed by atoms with Crippen molar-refractivity contribution in [3.8, 4) is 22.5 Å². The number of hydrogen-bond donors (Lipinski definition) is 1. The maximum absolute atomic E-state index is 13.5. The van der Waals surface area contributed by atoms with E-state index in [1.807, 2.05) is 73.9 Å². The number of benzene rings is 2. The van der Waals surface area contributed by atoms with Crippen molar-refractivity contribution in [2.75, 3.05) is 12.9 Å². The minimum absolute atomic E-state index is 0.270. The Bertz CT molecular complexity index is 1390. The molecule has 0 saturated carbocycles. The van der Waals surface area contributed by atoms with Gasteiger partial charge in [0.05, 0.1) is 18.0 Å². The molecule has 170 valence electrons. The van der Waals surface area contributed by atoms with E-state index in [9.17, 15) is 4.79 Å². The molecule has 1 N–H and O–H groups in total. The molecular formula is C25H22N6O2S. The Morgan fingerprint density at radius 3 is 2.68 bits per heavy atom. The zero-order chi connectivity index (χ0) is 23.7. The Kier molecular flexibility index (Phi) is 5.70. The van der Waals surface area contributed by atoms with Gasteiger partial charge in [-0.25, -0.2) is 15.1 Å². The lowest BCUT2D eigenvalue weighted by molar-refractivity contribution is -0.145. The van der Waals surface area contributed by atoms with Crippen molar-refractivity contribution < 1.29 is 9.53 Å². The summed E-state index contributed by atoms with van der Waals surface area (Å²) >= 11 is 1.60. The summed E-state index contributed by atoms with van der Waals surface area (Å²) in [6.07, 6.45) is 7.60. The van der Waals surface area contributed by atoms with Gasteiger partial charge in [-0.1, -0.05) is 48.6 Å². The highest BCUT2D eigenvalue weighted by Gasteiger charge is 2.48. The number of fused-ring (bicyclic) bond motifs is 1. The van der Waals surface area contributed by atoms with Gasteiger partial charge in [-0.3, -0.25) is 4.79 Å². The number of allylic oxidation sites excluding steroid dienone is 3. The number of amidine groups is 1. The monoisotopic (exact) mass is 470 g/mol. The molecule has 0 saturated heterocycles. The number of carbonyl (C=O) groups is 1.